The highest BCUT2D eigenvalue weighted by atomic mass is 16.2. The number of aromatic nitrogens is 2. The first-order valence-electron chi connectivity index (χ1n) is 13.3. The first-order valence-corrected chi connectivity index (χ1v) is 13.3. The average molecular weight is 474 g/mol. The summed E-state index contributed by atoms with van der Waals surface area (Å²) in [6, 6.07) is 13.4. The summed E-state index contributed by atoms with van der Waals surface area (Å²) in [5.74, 6) is 1.51. The van der Waals surface area contributed by atoms with Crippen molar-refractivity contribution in [2.75, 3.05) is 6.54 Å². The van der Waals surface area contributed by atoms with Crippen LogP contribution in [0.25, 0.3) is 16.6 Å². The van der Waals surface area contributed by atoms with E-state index in [0.717, 1.165) is 24.1 Å². The Morgan fingerprint density at radius 3 is 2.51 bits per heavy atom. The number of amides is 1. The van der Waals surface area contributed by atoms with Crippen molar-refractivity contribution in [1.82, 2.24) is 14.5 Å². The number of carbonyl (C=O) groups is 1. The van der Waals surface area contributed by atoms with Crippen LogP contribution >= 0.6 is 0 Å². The first kappa shape index (κ1) is 25.2. The van der Waals surface area contributed by atoms with E-state index >= 15 is 0 Å². The van der Waals surface area contributed by atoms with Crippen molar-refractivity contribution >= 4 is 16.8 Å². The minimum Gasteiger partial charge on any atom is -0.333 e. The zero-order valence-corrected chi connectivity index (χ0v) is 21.7. The maximum absolute atomic E-state index is 13.8. The normalized spacial score (nSPS) is 15.0. The molecule has 1 fully saturated rings. The molecule has 0 spiro atoms. The average Bonchev–Trinajstić information content (AvgIpc) is 3.38. The maximum atomic E-state index is 13.8. The molecule has 35 heavy (non-hydrogen) atoms. The molecule has 0 bridgehead atoms. The molecule has 3 aromatic rings. The van der Waals surface area contributed by atoms with E-state index in [1.54, 1.807) is 4.57 Å². The van der Waals surface area contributed by atoms with Crippen LogP contribution in [0.3, 0.4) is 0 Å². The van der Waals surface area contributed by atoms with Crippen LogP contribution in [-0.2, 0) is 4.79 Å². The molecule has 0 radical (unpaired) electrons. The largest absolute Gasteiger partial charge is 0.333 e. The van der Waals surface area contributed by atoms with Gasteiger partial charge in [-0.2, -0.15) is 0 Å². The summed E-state index contributed by atoms with van der Waals surface area (Å²) in [6.07, 6.45) is 8.18. The second-order valence-corrected chi connectivity index (χ2v) is 10.1. The molecule has 1 aromatic heterocycles. The highest BCUT2D eigenvalue weighted by molar-refractivity contribution is 5.79. The summed E-state index contributed by atoms with van der Waals surface area (Å²) < 4.78 is 1.75. The van der Waals surface area contributed by atoms with Crippen molar-refractivity contribution in [1.29, 1.82) is 0 Å². The maximum Gasteiger partial charge on any atom is 0.266 e. The molecule has 5 heteroatoms. The van der Waals surface area contributed by atoms with Gasteiger partial charge in [0.2, 0.25) is 5.91 Å². The van der Waals surface area contributed by atoms with Crippen molar-refractivity contribution in [2.45, 2.75) is 85.1 Å². The SMILES string of the molecule is CCCN(C(=O)CCC1CCCC1)C(CC)c1nc2ccccc2c(=O)n1-c1ccc(C)c(C)c1. The summed E-state index contributed by atoms with van der Waals surface area (Å²) in [7, 11) is 0. The van der Waals surface area contributed by atoms with Crippen LogP contribution in [0.4, 0.5) is 0 Å². The first-order chi connectivity index (χ1) is 16.9. The Bertz CT molecular complexity index is 1240. The molecule has 1 saturated carbocycles. The highest BCUT2D eigenvalue weighted by Gasteiger charge is 2.29. The molecule has 1 amide bonds. The van der Waals surface area contributed by atoms with Gasteiger partial charge in [-0.15, -0.1) is 0 Å². The van der Waals surface area contributed by atoms with Crippen LogP contribution in [0.5, 0.6) is 0 Å². The fourth-order valence-electron chi connectivity index (χ4n) is 5.50. The van der Waals surface area contributed by atoms with Gasteiger partial charge in [-0.1, -0.05) is 57.7 Å². The number of fused-ring (bicyclic) bond motifs is 1. The molecule has 1 heterocycles. The molecule has 0 aliphatic heterocycles. The van der Waals surface area contributed by atoms with Crippen LogP contribution in [0.1, 0.15) is 88.2 Å². The molecule has 2 aromatic carbocycles. The number of hydrogen-bond donors (Lipinski definition) is 0. The van der Waals surface area contributed by atoms with Gasteiger partial charge in [-0.3, -0.25) is 14.2 Å². The Morgan fingerprint density at radius 2 is 1.83 bits per heavy atom. The summed E-state index contributed by atoms with van der Waals surface area (Å²) in [5.41, 5.74) is 3.71. The second kappa shape index (κ2) is 11.2. The lowest BCUT2D eigenvalue weighted by Crippen LogP contribution is -2.39. The lowest BCUT2D eigenvalue weighted by atomic mass is 10.0. The lowest BCUT2D eigenvalue weighted by molar-refractivity contribution is -0.134. The van der Waals surface area contributed by atoms with Gasteiger partial charge in [-0.25, -0.2) is 4.98 Å². The summed E-state index contributed by atoms with van der Waals surface area (Å²) in [6.45, 7) is 8.99. The van der Waals surface area contributed by atoms with E-state index < -0.39 is 0 Å². The second-order valence-electron chi connectivity index (χ2n) is 10.1. The predicted molar refractivity (Wildman–Crippen MR) is 143 cm³/mol. The molecule has 5 nitrogen and oxygen atoms in total. The molecule has 1 atom stereocenters. The van der Waals surface area contributed by atoms with Gasteiger partial charge in [0.05, 0.1) is 22.6 Å². The third-order valence-electron chi connectivity index (χ3n) is 7.64. The quantitative estimate of drug-likeness (QED) is 0.349. The topological polar surface area (TPSA) is 55.2 Å². The van der Waals surface area contributed by atoms with E-state index in [4.69, 9.17) is 4.98 Å². The van der Waals surface area contributed by atoms with Gasteiger partial charge >= 0.3 is 0 Å². The highest BCUT2D eigenvalue weighted by Crippen LogP contribution is 2.31. The van der Waals surface area contributed by atoms with E-state index in [0.29, 0.717) is 42.0 Å². The lowest BCUT2D eigenvalue weighted by Gasteiger charge is -2.32. The Labute approximate surface area is 209 Å². The van der Waals surface area contributed by atoms with Crippen LogP contribution in [-0.4, -0.2) is 26.9 Å². The van der Waals surface area contributed by atoms with Gasteiger partial charge in [0, 0.05) is 13.0 Å². The zero-order valence-electron chi connectivity index (χ0n) is 21.7. The van der Waals surface area contributed by atoms with Crippen molar-refractivity contribution in [3.05, 3.63) is 69.8 Å². The number of para-hydroxylation sites is 1. The van der Waals surface area contributed by atoms with Crippen molar-refractivity contribution in [2.24, 2.45) is 5.92 Å². The smallest absolute Gasteiger partial charge is 0.266 e. The Balaban J connectivity index is 1.81. The van der Waals surface area contributed by atoms with Gasteiger partial charge in [0.1, 0.15) is 5.82 Å². The van der Waals surface area contributed by atoms with E-state index in [1.165, 1.54) is 31.2 Å². The van der Waals surface area contributed by atoms with Crippen LogP contribution in [0.15, 0.2) is 47.3 Å². The van der Waals surface area contributed by atoms with Crippen molar-refractivity contribution < 1.29 is 4.79 Å². The molecular formula is C30H39N3O2. The molecule has 186 valence electrons. The predicted octanol–water partition coefficient (Wildman–Crippen LogP) is 6.66. The fourth-order valence-corrected chi connectivity index (χ4v) is 5.50. The zero-order chi connectivity index (χ0) is 24.9. The standard InChI is InChI=1S/C30H39N3O2/c1-5-19-32(28(34)18-16-23-11-7-8-12-23)27(6-2)29-31-26-14-10-9-13-25(26)30(35)33(29)24-17-15-21(3)22(4)20-24/h9-10,13-15,17,20,23,27H,5-8,11-12,16,18-19H2,1-4H3. The van der Waals surface area contributed by atoms with E-state index in [9.17, 15) is 9.59 Å². The van der Waals surface area contributed by atoms with E-state index in [1.807, 2.05) is 41.3 Å². The molecule has 1 unspecified atom stereocenters. The summed E-state index contributed by atoms with van der Waals surface area (Å²) in [5, 5.41) is 0.596. The van der Waals surface area contributed by atoms with E-state index in [2.05, 4.69) is 33.8 Å². The van der Waals surface area contributed by atoms with Gasteiger partial charge in [0.15, 0.2) is 0 Å². The third-order valence-corrected chi connectivity index (χ3v) is 7.64. The minimum absolute atomic E-state index is 0.0813. The van der Waals surface area contributed by atoms with Crippen LogP contribution < -0.4 is 5.56 Å². The molecule has 1 aliphatic carbocycles. The van der Waals surface area contributed by atoms with Gasteiger partial charge in [0.25, 0.3) is 5.56 Å². The minimum atomic E-state index is -0.259. The number of benzene rings is 2. The number of nitrogens with zero attached hydrogens (tertiary/aromatic N) is 3. The Morgan fingerprint density at radius 1 is 1.09 bits per heavy atom. The third kappa shape index (κ3) is 5.34. The Kier molecular flexibility index (Phi) is 8.04. The molecule has 4 rings (SSSR count). The monoisotopic (exact) mass is 473 g/mol. The van der Waals surface area contributed by atoms with E-state index in [-0.39, 0.29) is 17.5 Å². The summed E-state index contributed by atoms with van der Waals surface area (Å²) >= 11 is 0. The molecule has 1 aliphatic rings. The van der Waals surface area contributed by atoms with Gasteiger partial charge < -0.3 is 4.90 Å². The van der Waals surface area contributed by atoms with Gasteiger partial charge in [-0.05, 0) is 74.4 Å². The molecular weight excluding hydrogens is 434 g/mol. The molecule has 0 saturated heterocycles. The number of hydrogen-bond acceptors (Lipinski definition) is 3. The number of carbonyl (C=O) groups excluding carboxylic acids is 1. The van der Waals surface area contributed by atoms with Crippen molar-refractivity contribution in [3.8, 4) is 5.69 Å². The number of rotatable bonds is 9. The van der Waals surface area contributed by atoms with Crippen LogP contribution in [0.2, 0.25) is 0 Å². The summed E-state index contributed by atoms with van der Waals surface area (Å²) in [4.78, 5) is 34.4. The Hall–Kier alpha value is -2.95. The van der Waals surface area contributed by atoms with Crippen molar-refractivity contribution in [3.63, 3.8) is 0 Å². The van der Waals surface area contributed by atoms with Crippen LogP contribution in [0, 0.1) is 19.8 Å². The fraction of sp³-hybridized carbons (Fsp3) is 0.500. The molecule has 0 N–H and O–H groups in total. The number of aryl methyl sites for hydroxylation is 2.